The van der Waals surface area contributed by atoms with Crippen LogP contribution in [0, 0.1) is 17.0 Å². The molecule has 2 aromatic heterocycles. The molecular formula is C12H9N3O4S. The van der Waals surface area contributed by atoms with Crippen LogP contribution >= 0.6 is 11.8 Å². The second kappa shape index (κ2) is 5.66. The minimum absolute atomic E-state index is 0.0651. The van der Waals surface area contributed by atoms with Crippen LogP contribution in [0.4, 0.5) is 5.69 Å². The SMILES string of the molecule is Cc1nc(Sc2ncccc2C(=O)O)ccc1[N+](=O)[O-]. The van der Waals surface area contributed by atoms with Crippen molar-refractivity contribution < 1.29 is 14.8 Å². The van der Waals surface area contributed by atoms with E-state index in [4.69, 9.17) is 5.11 Å². The third-order valence-electron chi connectivity index (χ3n) is 2.43. The molecule has 0 aliphatic heterocycles. The lowest BCUT2D eigenvalue weighted by Gasteiger charge is -2.04. The molecule has 8 heteroatoms. The molecule has 0 aromatic carbocycles. The van der Waals surface area contributed by atoms with Crippen molar-refractivity contribution in [3.05, 3.63) is 51.8 Å². The summed E-state index contributed by atoms with van der Waals surface area (Å²) in [5.74, 6) is -1.08. The van der Waals surface area contributed by atoms with Crippen molar-refractivity contribution in [2.24, 2.45) is 0 Å². The first-order valence-corrected chi connectivity index (χ1v) is 6.29. The van der Waals surface area contributed by atoms with Crippen molar-refractivity contribution in [3.63, 3.8) is 0 Å². The monoisotopic (exact) mass is 291 g/mol. The number of carbonyl (C=O) groups is 1. The fourth-order valence-corrected chi connectivity index (χ4v) is 2.41. The van der Waals surface area contributed by atoms with Gasteiger partial charge in [0.2, 0.25) is 0 Å². The summed E-state index contributed by atoms with van der Waals surface area (Å²) in [5.41, 5.74) is 0.261. The number of aryl methyl sites for hydroxylation is 1. The molecule has 0 amide bonds. The molecule has 1 N–H and O–H groups in total. The molecule has 0 bridgehead atoms. The molecule has 102 valence electrons. The molecule has 0 unspecified atom stereocenters. The maximum Gasteiger partial charge on any atom is 0.338 e. The van der Waals surface area contributed by atoms with Gasteiger partial charge in [-0.2, -0.15) is 0 Å². The molecular weight excluding hydrogens is 282 g/mol. The highest BCUT2D eigenvalue weighted by atomic mass is 32.2. The van der Waals surface area contributed by atoms with E-state index in [0.29, 0.717) is 10.1 Å². The average Bonchev–Trinajstić information content (AvgIpc) is 2.38. The predicted molar refractivity (Wildman–Crippen MR) is 70.9 cm³/mol. The molecule has 2 heterocycles. The molecule has 0 saturated heterocycles. The Kier molecular flexibility index (Phi) is 3.94. The van der Waals surface area contributed by atoms with E-state index in [2.05, 4.69) is 9.97 Å². The van der Waals surface area contributed by atoms with Gasteiger partial charge in [0.1, 0.15) is 15.7 Å². The van der Waals surface area contributed by atoms with Gasteiger partial charge in [-0.3, -0.25) is 10.1 Å². The van der Waals surface area contributed by atoms with Gasteiger partial charge in [0.25, 0.3) is 5.69 Å². The maximum atomic E-state index is 11.1. The Morgan fingerprint density at radius 1 is 1.40 bits per heavy atom. The van der Waals surface area contributed by atoms with Crippen LogP contribution in [-0.2, 0) is 0 Å². The zero-order valence-electron chi connectivity index (χ0n) is 10.3. The number of pyridine rings is 2. The largest absolute Gasteiger partial charge is 0.478 e. The highest BCUT2D eigenvalue weighted by Gasteiger charge is 2.15. The molecule has 2 aromatic rings. The minimum Gasteiger partial charge on any atom is -0.478 e. The van der Waals surface area contributed by atoms with Gasteiger partial charge in [0.05, 0.1) is 10.5 Å². The first kappa shape index (κ1) is 13.9. The summed E-state index contributed by atoms with van der Waals surface area (Å²) in [6.45, 7) is 1.53. The maximum absolute atomic E-state index is 11.1. The van der Waals surface area contributed by atoms with Crippen molar-refractivity contribution >= 4 is 23.4 Å². The van der Waals surface area contributed by atoms with Gasteiger partial charge in [0.15, 0.2) is 0 Å². The first-order valence-electron chi connectivity index (χ1n) is 5.47. The fraction of sp³-hybridized carbons (Fsp3) is 0.0833. The van der Waals surface area contributed by atoms with E-state index in [1.165, 1.54) is 37.4 Å². The van der Waals surface area contributed by atoms with Gasteiger partial charge >= 0.3 is 5.97 Å². The lowest BCUT2D eigenvalue weighted by molar-refractivity contribution is -0.385. The van der Waals surface area contributed by atoms with Crippen molar-refractivity contribution in [3.8, 4) is 0 Å². The van der Waals surface area contributed by atoms with Gasteiger partial charge in [-0.15, -0.1) is 0 Å². The van der Waals surface area contributed by atoms with Gasteiger partial charge in [-0.25, -0.2) is 14.8 Å². The lowest BCUT2D eigenvalue weighted by Crippen LogP contribution is -2.00. The Morgan fingerprint density at radius 3 is 2.75 bits per heavy atom. The quantitative estimate of drug-likeness (QED) is 0.681. The molecule has 0 fully saturated rings. The molecule has 0 radical (unpaired) electrons. The predicted octanol–water partition coefficient (Wildman–Crippen LogP) is 2.54. The summed E-state index contributed by atoms with van der Waals surface area (Å²) < 4.78 is 0. The van der Waals surface area contributed by atoms with Crippen LogP contribution in [0.1, 0.15) is 16.1 Å². The molecule has 20 heavy (non-hydrogen) atoms. The Bertz CT molecular complexity index is 690. The minimum atomic E-state index is -1.08. The molecule has 0 saturated carbocycles. The van der Waals surface area contributed by atoms with Crippen LogP contribution in [0.2, 0.25) is 0 Å². The lowest BCUT2D eigenvalue weighted by atomic mass is 10.3. The highest BCUT2D eigenvalue weighted by Crippen LogP contribution is 2.29. The summed E-state index contributed by atoms with van der Waals surface area (Å²) in [6, 6.07) is 5.78. The van der Waals surface area contributed by atoms with E-state index in [-0.39, 0.29) is 16.9 Å². The molecule has 0 aliphatic carbocycles. The number of hydrogen-bond donors (Lipinski definition) is 1. The van der Waals surface area contributed by atoms with Crippen LogP contribution in [0.5, 0.6) is 0 Å². The molecule has 2 rings (SSSR count). The van der Waals surface area contributed by atoms with Gasteiger partial charge in [-0.1, -0.05) is 0 Å². The topological polar surface area (TPSA) is 106 Å². The Balaban J connectivity index is 2.34. The number of aromatic carboxylic acids is 1. The first-order chi connectivity index (χ1) is 9.49. The molecule has 7 nitrogen and oxygen atoms in total. The summed E-state index contributed by atoms with van der Waals surface area (Å²) in [7, 11) is 0. The third-order valence-corrected chi connectivity index (χ3v) is 3.39. The molecule has 0 spiro atoms. The number of carboxylic acid groups (broad SMARTS) is 1. The number of nitro groups is 1. The van der Waals surface area contributed by atoms with E-state index in [9.17, 15) is 14.9 Å². The van der Waals surface area contributed by atoms with Crippen molar-refractivity contribution in [1.82, 2.24) is 9.97 Å². The van der Waals surface area contributed by atoms with E-state index in [1.807, 2.05) is 0 Å². The summed E-state index contributed by atoms with van der Waals surface area (Å²) in [4.78, 5) is 29.3. The zero-order chi connectivity index (χ0) is 14.7. The van der Waals surface area contributed by atoms with Crippen molar-refractivity contribution in [1.29, 1.82) is 0 Å². The van der Waals surface area contributed by atoms with Crippen LogP contribution in [0.25, 0.3) is 0 Å². The van der Waals surface area contributed by atoms with E-state index in [0.717, 1.165) is 11.8 Å². The summed E-state index contributed by atoms with van der Waals surface area (Å²) in [5, 5.41) is 20.5. The zero-order valence-corrected chi connectivity index (χ0v) is 11.1. The smallest absolute Gasteiger partial charge is 0.338 e. The van der Waals surface area contributed by atoms with Gasteiger partial charge < -0.3 is 5.11 Å². The Labute approximate surface area is 117 Å². The van der Waals surface area contributed by atoms with Gasteiger partial charge in [0, 0.05) is 12.3 Å². The van der Waals surface area contributed by atoms with E-state index in [1.54, 1.807) is 0 Å². The van der Waals surface area contributed by atoms with Crippen LogP contribution < -0.4 is 0 Å². The van der Waals surface area contributed by atoms with Crippen molar-refractivity contribution in [2.45, 2.75) is 17.0 Å². The number of hydrogen-bond acceptors (Lipinski definition) is 6. The summed E-state index contributed by atoms with van der Waals surface area (Å²) >= 11 is 1.05. The van der Waals surface area contributed by atoms with Gasteiger partial charge in [-0.05, 0) is 36.9 Å². The second-order valence-corrected chi connectivity index (χ2v) is 4.78. The number of nitrogens with zero attached hydrogens (tertiary/aromatic N) is 3. The highest BCUT2D eigenvalue weighted by molar-refractivity contribution is 7.99. The van der Waals surface area contributed by atoms with Crippen LogP contribution in [-0.4, -0.2) is 26.0 Å². The average molecular weight is 291 g/mol. The third kappa shape index (κ3) is 2.91. The van der Waals surface area contributed by atoms with Crippen molar-refractivity contribution in [2.75, 3.05) is 0 Å². The normalized spacial score (nSPS) is 10.2. The standard InChI is InChI=1S/C12H9N3O4S/c1-7-9(15(18)19)4-5-10(14-7)20-11-8(12(16)17)3-2-6-13-11/h2-6H,1H3,(H,16,17). The van der Waals surface area contributed by atoms with Crippen LogP contribution in [0.3, 0.4) is 0 Å². The number of rotatable bonds is 4. The fourth-order valence-electron chi connectivity index (χ4n) is 1.51. The molecule has 0 aliphatic rings. The van der Waals surface area contributed by atoms with E-state index >= 15 is 0 Å². The number of aromatic nitrogens is 2. The van der Waals surface area contributed by atoms with E-state index < -0.39 is 10.9 Å². The number of carboxylic acids is 1. The Morgan fingerprint density at radius 2 is 2.15 bits per heavy atom. The summed E-state index contributed by atoms with van der Waals surface area (Å²) in [6.07, 6.45) is 1.48. The Hall–Kier alpha value is -2.48. The molecule has 0 atom stereocenters. The van der Waals surface area contributed by atoms with Crippen LogP contribution in [0.15, 0.2) is 40.5 Å². The second-order valence-electron chi connectivity index (χ2n) is 3.77.